The molecule has 2 rings (SSSR count). The molecule has 0 radical (unpaired) electrons. The van der Waals surface area contributed by atoms with E-state index in [1.807, 2.05) is 30.3 Å². The van der Waals surface area contributed by atoms with E-state index in [2.05, 4.69) is 5.32 Å². The first-order chi connectivity index (χ1) is 11.9. The number of halogens is 1. The average molecular weight is 365 g/mol. The number of carboxylic acid groups (broad SMARTS) is 1. The molecule has 0 aromatic heterocycles. The van der Waals surface area contributed by atoms with E-state index in [1.165, 1.54) is 6.07 Å². The molecule has 2 aromatic carbocycles. The third-order valence-electron chi connectivity index (χ3n) is 3.71. The smallest absolute Gasteiger partial charge is 0.318 e. The lowest BCUT2D eigenvalue weighted by Crippen LogP contribution is -2.31. The molecular formula is C18H20FNO4S. The Labute approximate surface area is 146 Å². The lowest BCUT2D eigenvalue weighted by Gasteiger charge is -2.20. The van der Waals surface area contributed by atoms with Gasteiger partial charge in [0.25, 0.3) is 0 Å². The molecule has 0 amide bonds. The standard InChI is InChI=1S/C18H20FNO4S/c19-16-9-5-4-8-15(16)17(12-14-6-2-1-3-7-14)20-10-11-25(23,24)13-18(21)22/h1-9,17,20H,10-13H2,(H,21,22). The number of rotatable bonds is 9. The van der Waals surface area contributed by atoms with Gasteiger partial charge in [0, 0.05) is 18.2 Å². The number of nitrogens with one attached hydrogen (secondary N) is 1. The highest BCUT2D eigenvalue weighted by Gasteiger charge is 2.19. The van der Waals surface area contributed by atoms with Gasteiger partial charge < -0.3 is 10.4 Å². The van der Waals surface area contributed by atoms with Crippen LogP contribution in [0.25, 0.3) is 0 Å². The molecule has 7 heteroatoms. The van der Waals surface area contributed by atoms with E-state index < -0.39 is 27.6 Å². The molecule has 25 heavy (non-hydrogen) atoms. The summed E-state index contributed by atoms with van der Waals surface area (Å²) in [5.41, 5.74) is 1.43. The minimum Gasteiger partial charge on any atom is -0.480 e. The van der Waals surface area contributed by atoms with Crippen LogP contribution < -0.4 is 5.32 Å². The summed E-state index contributed by atoms with van der Waals surface area (Å²) in [4.78, 5) is 10.6. The van der Waals surface area contributed by atoms with Crippen LogP contribution in [-0.2, 0) is 21.1 Å². The van der Waals surface area contributed by atoms with Crippen LogP contribution in [0.1, 0.15) is 17.2 Å². The van der Waals surface area contributed by atoms with Crippen LogP contribution in [0.2, 0.25) is 0 Å². The Morgan fingerprint density at radius 1 is 1.08 bits per heavy atom. The van der Waals surface area contributed by atoms with Gasteiger partial charge >= 0.3 is 5.97 Å². The van der Waals surface area contributed by atoms with E-state index in [0.717, 1.165) is 5.56 Å². The first-order valence-corrected chi connectivity index (χ1v) is 9.63. The number of carboxylic acids is 1. The quantitative estimate of drug-likeness (QED) is 0.712. The van der Waals surface area contributed by atoms with Crippen molar-refractivity contribution < 1.29 is 22.7 Å². The predicted octanol–water partition coefficient (Wildman–Crippen LogP) is 2.20. The van der Waals surface area contributed by atoms with Crippen molar-refractivity contribution in [3.8, 4) is 0 Å². The summed E-state index contributed by atoms with van der Waals surface area (Å²) < 4.78 is 37.5. The zero-order chi connectivity index (χ0) is 18.3. The molecular weight excluding hydrogens is 345 g/mol. The second-order valence-electron chi connectivity index (χ2n) is 5.70. The lowest BCUT2D eigenvalue weighted by molar-refractivity contribution is -0.134. The van der Waals surface area contributed by atoms with E-state index in [4.69, 9.17) is 5.11 Å². The second-order valence-corrected chi connectivity index (χ2v) is 7.89. The largest absolute Gasteiger partial charge is 0.480 e. The Hall–Kier alpha value is -2.25. The zero-order valence-corrected chi connectivity index (χ0v) is 14.4. The van der Waals surface area contributed by atoms with Crippen LogP contribution in [0, 0.1) is 5.82 Å². The molecule has 1 unspecified atom stereocenters. The molecule has 2 aromatic rings. The van der Waals surface area contributed by atoms with Crippen molar-refractivity contribution >= 4 is 15.8 Å². The second kappa shape index (κ2) is 8.73. The first-order valence-electron chi connectivity index (χ1n) is 7.81. The minimum absolute atomic E-state index is 0.0431. The number of aliphatic carboxylic acids is 1. The Morgan fingerprint density at radius 2 is 1.72 bits per heavy atom. The van der Waals surface area contributed by atoms with E-state index in [0.29, 0.717) is 12.0 Å². The Balaban J connectivity index is 2.10. The number of sulfone groups is 1. The molecule has 0 aliphatic carbocycles. The van der Waals surface area contributed by atoms with Crippen molar-refractivity contribution in [1.82, 2.24) is 5.32 Å². The van der Waals surface area contributed by atoms with Gasteiger partial charge in [0.1, 0.15) is 11.6 Å². The van der Waals surface area contributed by atoms with Crippen LogP contribution in [0.5, 0.6) is 0 Å². The van der Waals surface area contributed by atoms with Gasteiger partial charge in [-0.3, -0.25) is 4.79 Å². The molecule has 2 N–H and O–H groups in total. The van der Waals surface area contributed by atoms with Crippen LogP contribution in [0.15, 0.2) is 54.6 Å². The van der Waals surface area contributed by atoms with Gasteiger partial charge in [-0.1, -0.05) is 48.5 Å². The van der Waals surface area contributed by atoms with Crippen LogP contribution in [0.4, 0.5) is 4.39 Å². The molecule has 1 atom stereocenters. The third kappa shape index (κ3) is 6.28. The fourth-order valence-electron chi connectivity index (χ4n) is 2.55. The highest BCUT2D eigenvalue weighted by Crippen LogP contribution is 2.21. The van der Waals surface area contributed by atoms with Gasteiger partial charge in [-0.25, -0.2) is 12.8 Å². The topological polar surface area (TPSA) is 83.5 Å². The fourth-order valence-corrected chi connectivity index (χ4v) is 3.50. The van der Waals surface area contributed by atoms with Crippen molar-refractivity contribution in [2.45, 2.75) is 12.5 Å². The SMILES string of the molecule is O=C(O)CS(=O)(=O)CCNC(Cc1ccccc1)c1ccccc1F. The van der Waals surface area contributed by atoms with Crippen LogP contribution in [0.3, 0.4) is 0 Å². The minimum atomic E-state index is -3.70. The average Bonchev–Trinajstić information content (AvgIpc) is 2.54. The van der Waals surface area contributed by atoms with Gasteiger partial charge in [-0.2, -0.15) is 0 Å². The number of benzene rings is 2. The predicted molar refractivity (Wildman–Crippen MR) is 93.6 cm³/mol. The maximum Gasteiger partial charge on any atom is 0.318 e. The number of hydrogen-bond donors (Lipinski definition) is 2. The van der Waals surface area contributed by atoms with Gasteiger partial charge in [-0.15, -0.1) is 0 Å². The first kappa shape index (κ1) is 19.1. The Kier molecular flexibility index (Phi) is 6.66. The molecule has 0 saturated carbocycles. The van der Waals surface area contributed by atoms with Gasteiger partial charge in [0.2, 0.25) is 0 Å². The molecule has 0 saturated heterocycles. The number of hydrogen-bond acceptors (Lipinski definition) is 4. The maximum absolute atomic E-state index is 14.1. The Bertz CT molecular complexity index is 809. The zero-order valence-electron chi connectivity index (χ0n) is 13.6. The molecule has 0 fully saturated rings. The van der Waals surface area contributed by atoms with Crippen LogP contribution >= 0.6 is 0 Å². The van der Waals surface area contributed by atoms with Crippen molar-refractivity contribution in [2.24, 2.45) is 0 Å². The van der Waals surface area contributed by atoms with Gasteiger partial charge in [0.05, 0.1) is 5.75 Å². The summed E-state index contributed by atoms with van der Waals surface area (Å²) in [6, 6.07) is 15.4. The summed E-state index contributed by atoms with van der Waals surface area (Å²) >= 11 is 0. The highest BCUT2D eigenvalue weighted by molar-refractivity contribution is 7.92. The molecule has 134 valence electrons. The normalized spacial score (nSPS) is 12.7. The third-order valence-corrected chi connectivity index (χ3v) is 5.22. The summed E-state index contributed by atoms with van der Waals surface area (Å²) in [6.07, 6.45) is 0.487. The highest BCUT2D eigenvalue weighted by atomic mass is 32.2. The molecule has 0 aliphatic heterocycles. The number of carbonyl (C=O) groups is 1. The molecule has 0 heterocycles. The van der Waals surface area contributed by atoms with Crippen LogP contribution in [-0.4, -0.2) is 37.5 Å². The monoisotopic (exact) mass is 365 g/mol. The fraction of sp³-hybridized carbons (Fsp3) is 0.278. The van der Waals surface area contributed by atoms with Crippen molar-refractivity contribution in [3.63, 3.8) is 0 Å². The van der Waals surface area contributed by atoms with Gasteiger partial charge in [0.15, 0.2) is 9.84 Å². The van der Waals surface area contributed by atoms with Crippen molar-refractivity contribution in [2.75, 3.05) is 18.1 Å². The van der Waals surface area contributed by atoms with Crippen molar-refractivity contribution in [3.05, 3.63) is 71.5 Å². The summed E-state index contributed by atoms with van der Waals surface area (Å²) in [6.45, 7) is 0.0431. The van der Waals surface area contributed by atoms with Gasteiger partial charge in [-0.05, 0) is 18.1 Å². The summed E-state index contributed by atoms with van der Waals surface area (Å²) in [5.74, 6) is -2.98. The molecule has 5 nitrogen and oxygen atoms in total. The van der Waals surface area contributed by atoms with E-state index >= 15 is 0 Å². The molecule has 0 aliphatic rings. The van der Waals surface area contributed by atoms with Crippen molar-refractivity contribution in [1.29, 1.82) is 0 Å². The van der Waals surface area contributed by atoms with E-state index in [-0.39, 0.29) is 18.1 Å². The van der Waals surface area contributed by atoms with E-state index in [1.54, 1.807) is 18.2 Å². The maximum atomic E-state index is 14.1. The molecule has 0 spiro atoms. The Morgan fingerprint density at radius 3 is 2.36 bits per heavy atom. The summed E-state index contributed by atoms with van der Waals surface area (Å²) in [7, 11) is -3.70. The molecule has 0 bridgehead atoms. The lowest BCUT2D eigenvalue weighted by atomic mass is 9.98. The summed E-state index contributed by atoms with van der Waals surface area (Å²) in [5, 5.41) is 11.7. The van der Waals surface area contributed by atoms with E-state index in [9.17, 15) is 17.6 Å².